The van der Waals surface area contributed by atoms with Crippen LogP contribution in [0.3, 0.4) is 0 Å². The summed E-state index contributed by atoms with van der Waals surface area (Å²) >= 11 is 5.37. The molecule has 1 nitrogen and oxygen atoms in total. The Balaban J connectivity index is 1.84. The van der Waals surface area contributed by atoms with E-state index in [0.29, 0.717) is 6.04 Å². The molecule has 0 saturated heterocycles. The van der Waals surface area contributed by atoms with E-state index in [1.807, 2.05) is 11.3 Å². The van der Waals surface area contributed by atoms with Gasteiger partial charge in [-0.1, -0.05) is 22.0 Å². The van der Waals surface area contributed by atoms with E-state index in [1.54, 1.807) is 0 Å². The van der Waals surface area contributed by atoms with Crippen LogP contribution in [-0.4, -0.2) is 0 Å². The predicted octanol–water partition coefficient (Wildman–Crippen LogP) is 5.38. The molecule has 0 amide bonds. The molecule has 1 aromatic heterocycles. The molecule has 94 valence electrons. The molecular formula is C15H16BrNS. The Morgan fingerprint density at radius 1 is 1.33 bits per heavy atom. The van der Waals surface area contributed by atoms with Crippen molar-refractivity contribution in [2.45, 2.75) is 25.8 Å². The number of hydrogen-bond donors (Lipinski definition) is 1. The zero-order chi connectivity index (χ0) is 12.5. The van der Waals surface area contributed by atoms with E-state index in [1.165, 1.54) is 29.0 Å². The van der Waals surface area contributed by atoms with Gasteiger partial charge in [0.2, 0.25) is 0 Å². The third-order valence-corrected chi connectivity index (χ3v) is 4.89. The Bertz CT molecular complexity index is 531. The molecule has 1 heterocycles. The number of nitrogens with one attached hydrogen (secondary N) is 1. The van der Waals surface area contributed by atoms with Crippen LogP contribution in [0.4, 0.5) is 5.69 Å². The first-order chi connectivity index (χ1) is 8.74. The molecular weight excluding hydrogens is 306 g/mol. The minimum Gasteiger partial charge on any atom is -0.377 e. The summed E-state index contributed by atoms with van der Waals surface area (Å²) in [5.41, 5.74) is 2.55. The summed E-state index contributed by atoms with van der Waals surface area (Å²) in [5.74, 6) is 0.812. The number of hydrogen-bond acceptors (Lipinski definition) is 2. The fraction of sp³-hybridized carbons (Fsp3) is 0.333. The molecule has 18 heavy (non-hydrogen) atoms. The summed E-state index contributed by atoms with van der Waals surface area (Å²) in [4.78, 5) is 1.46. The third kappa shape index (κ3) is 2.62. The van der Waals surface area contributed by atoms with Crippen LogP contribution in [0.5, 0.6) is 0 Å². The van der Waals surface area contributed by atoms with Gasteiger partial charge in [0.25, 0.3) is 0 Å². The SMILES string of the molecule is Cc1cc(Br)ccc1NC(c1cccs1)C1CC1. The standard InChI is InChI=1S/C15H16BrNS/c1-10-9-12(16)6-7-13(10)17-15(11-4-5-11)14-3-2-8-18-14/h2-3,6-9,11,15,17H,4-5H2,1H3. The highest BCUT2D eigenvalue weighted by atomic mass is 79.9. The van der Waals surface area contributed by atoms with E-state index in [0.717, 1.165) is 10.4 Å². The van der Waals surface area contributed by atoms with Crippen LogP contribution in [0.25, 0.3) is 0 Å². The summed E-state index contributed by atoms with van der Waals surface area (Å²) in [6.07, 6.45) is 2.70. The second-order valence-electron chi connectivity index (χ2n) is 4.93. The molecule has 1 aromatic carbocycles. The highest BCUT2D eigenvalue weighted by Crippen LogP contribution is 2.44. The molecule has 1 unspecified atom stereocenters. The predicted molar refractivity (Wildman–Crippen MR) is 82.3 cm³/mol. The van der Waals surface area contributed by atoms with Crippen LogP contribution in [0.1, 0.15) is 29.3 Å². The number of anilines is 1. The van der Waals surface area contributed by atoms with Gasteiger partial charge >= 0.3 is 0 Å². The first kappa shape index (κ1) is 12.2. The maximum Gasteiger partial charge on any atom is 0.0634 e. The van der Waals surface area contributed by atoms with Gasteiger partial charge in [-0.3, -0.25) is 0 Å². The lowest BCUT2D eigenvalue weighted by molar-refractivity contribution is 0.690. The lowest BCUT2D eigenvalue weighted by Crippen LogP contribution is -2.12. The minimum atomic E-state index is 0.491. The van der Waals surface area contributed by atoms with Crippen molar-refractivity contribution < 1.29 is 0 Å². The monoisotopic (exact) mass is 321 g/mol. The fourth-order valence-corrected chi connectivity index (χ4v) is 3.62. The van der Waals surface area contributed by atoms with Crippen LogP contribution in [0, 0.1) is 12.8 Å². The molecule has 0 spiro atoms. The van der Waals surface area contributed by atoms with Crippen LogP contribution in [-0.2, 0) is 0 Å². The number of aryl methyl sites for hydroxylation is 1. The normalized spacial score (nSPS) is 16.6. The van der Waals surface area contributed by atoms with Gasteiger partial charge in [0, 0.05) is 15.0 Å². The summed E-state index contributed by atoms with van der Waals surface area (Å²) in [7, 11) is 0. The Labute approximate surface area is 120 Å². The summed E-state index contributed by atoms with van der Waals surface area (Å²) < 4.78 is 1.14. The van der Waals surface area contributed by atoms with Crippen LogP contribution in [0.2, 0.25) is 0 Å². The van der Waals surface area contributed by atoms with Gasteiger partial charge in [0.15, 0.2) is 0 Å². The Morgan fingerprint density at radius 2 is 2.17 bits per heavy atom. The molecule has 3 heteroatoms. The van der Waals surface area contributed by atoms with Crippen molar-refractivity contribution in [3.8, 4) is 0 Å². The largest absolute Gasteiger partial charge is 0.377 e. The topological polar surface area (TPSA) is 12.0 Å². The summed E-state index contributed by atoms with van der Waals surface area (Å²) in [6, 6.07) is 11.3. The zero-order valence-electron chi connectivity index (χ0n) is 10.3. The lowest BCUT2D eigenvalue weighted by atomic mass is 10.1. The first-order valence-electron chi connectivity index (χ1n) is 6.30. The van der Waals surface area contributed by atoms with Crippen molar-refractivity contribution in [3.63, 3.8) is 0 Å². The van der Waals surface area contributed by atoms with Gasteiger partial charge in [0.05, 0.1) is 6.04 Å². The first-order valence-corrected chi connectivity index (χ1v) is 7.97. The molecule has 0 bridgehead atoms. The van der Waals surface area contributed by atoms with Crippen LogP contribution in [0.15, 0.2) is 40.2 Å². The Kier molecular flexibility index (Phi) is 3.44. The molecule has 0 radical (unpaired) electrons. The van der Waals surface area contributed by atoms with Crippen LogP contribution >= 0.6 is 27.3 Å². The average Bonchev–Trinajstić information content (AvgIpc) is 3.03. The molecule has 2 aromatic rings. The smallest absolute Gasteiger partial charge is 0.0634 e. The van der Waals surface area contributed by atoms with Gasteiger partial charge < -0.3 is 5.32 Å². The quantitative estimate of drug-likeness (QED) is 0.796. The molecule has 0 aliphatic heterocycles. The number of thiophene rings is 1. The number of rotatable bonds is 4. The van der Waals surface area contributed by atoms with Crippen molar-refractivity contribution in [1.82, 2.24) is 0 Å². The van der Waals surface area contributed by atoms with Gasteiger partial charge in [-0.25, -0.2) is 0 Å². The molecule has 1 fully saturated rings. The van der Waals surface area contributed by atoms with Crippen molar-refractivity contribution in [3.05, 3.63) is 50.6 Å². The third-order valence-electron chi connectivity index (χ3n) is 3.44. The van der Waals surface area contributed by atoms with Crippen molar-refractivity contribution in [1.29, 1.82) is 0 Å². The fourth-order valence-electron chi connectivity index (χ4n) is 2.28. The highest BCUT2D eigenvalue weighted by Gasteiger charge is 2.33. The maximum absolute atomic E-state index is 3.73. The Hall–Kier alpha value is -0.800. The molecule has 1 saturated carbocycles. The molecule has 1 atom stereocenters. The summed E-state index contributed by atoms with van der Waals surface area (Å²) in [6.45, 7) is 2.16. The second-order valence-corrected chi connectivity index (χ2v) is 6.83. The van der Waals surface area contributed by atoms with E-state index < -0.39 is 0 Å². The number of halogens is 1. The van der Waals surface area contributed by atoms with E-state index in [9.17, 15) is 0 Å². The maximum atomic E-state index is 3.73. The van der Waals surface area contributed by atoms with Gasteiger partial charge in [0.1, 0.15) is 0 Å². The van der Waals surface area contributed by atoms with Crippen molar-refractivity contribution in [2.75, 3.05) is 5.32 Å². The van der Waals surface area contributed by atoms with Gasteiger partial charge in [-0.2, -0.15) is 0 Å². The van der Waals surface area contributed by atoms with Gasteiger partial charge in [-0.05, 0) is 60.9 Å². The van der Waals surface area contributed by atoms with E-state index in [2.05, 4.69) is 63.9 Å². The zero-order valence-corrected chi connectivity index (χ0v) is 12.7. The second kappa shape index (κ2) is 5.06. The average molecular weight is 322 g/mol. The van der Waals surface area contributed by atoms with E-state index in [4.69, 9.17) is 0 Å². The molecule has 3 rings (SSSR count). The number of benzene rings is 1. The Morgan fingerprint density at radius 3 is 2.78 bits per heavy atom. The minimum absolute atomic E-state index is 0.491. The van der Waals surface area contributed by atoms with Crippen LogP contribution < -0.4 is 5.32 Å². The lowest BCUT2D eigenvalue weighted by Gasteiger charge is -2.20. The van der Waals surface area contributed by atoms with E-state index in [-0.39, 0.29) is 0 Å². The molecule has 1 aliphatic carbocycles. The van der Waals surface area contributed by atoms with Crippen molar-refractivity contribution >= 4 is 33.0 Å². The highest BCUT2D eigenvalue weighted by molar-refractivity contribution is 9.10. The molecule has 1 N–H and O–H groups in total. The van der Waals surface area contributed by atoms with E-state index >= 15 is 0 Å². The van der Waals surface area contributed by atoms with Crippen molar-refractivity contribution in [2.24, 2.45) is 5.92 Å². The molecule has 1 aliphatic rings. The summed E-state index contributed by atoms with van der Waals surface area (Å²) in [5, 5.41) is 5.90. The van der Waals surface area contributed by atoms with Gasteiger partial charge in [-0.15, -0.1) is 11.3 Å².